The van der Waals surface area contributed by atoms with Crippen LogP contribution in [-0.4, -0.2) is 26.7 Å². The van der Waals surface area contributed by atoms with Crippen LogP contribution in [0.2, 0.25) is 0 Å². The summed E-state index contributed by atoms with van der Waals surface area (Å²) >= 11 is 0. The minimum atomic E-state index is 0.378. The highest BCUT2D eigenvalue weighted by Crippen LogP contribution is 2.08. The minimum absolute atomic E-state index is 0.378. The third-order valence-electron chi connectivity index (χ3n) is 1.76. The Morgan fingerprint density at radius 2 is 2.13 bits per heavy atom. The van der Waals surface area contributed by atoms with Gasteiger partial charge in [0.25, 0.3) is 0 Å². The van der Waals surface area contributed by atoms with Gasteiger partial charge in [0.2, 0.25) is 5.89 Å². The summed E-state index contributed by atoms with van der Waals surface area (Å²) in [6, 6.07) is 0. The minimum Gasteiger partial charge on any atom is -0.381 e. The fraction of sp³-hybridized carbons (Fsp3) is 0.250. The van der Waals surface area contributed by atoms with E-state index >= 15 is 0 Å². The Hall–Kier alpha value is -2.18. The fourth-order valence-corrected chi connectivity index (χ4v) is 1.08. The Morgan fingerprint density at radius 3 is 2.87 bits per heavy atom. The summed E-state index contributed by atoms with van der Waals surface area (Å²) in [5, 5.41) is 6.52. The molecule has 0 saturated carbocycles. The van der Waals surface area contributed by atoms with Crippen molar-refractivity contribution in [1.29, 1.82) is 0 Å². The van der Waals surface area contributed by atoms with Crippen LogP contribution in [0.15, 0.2) is 23.2 Å². The summed E-state index contributed by atoms with van der Waals surface area (Å²) in [4.78, 5) is 11.8. The second kappa shape index (κ2) is 4.36. The molecule has 0 amide bonds. The van der Waals surface area contributed by atoms with Crippen LogP contribution in [0, 0.1) is 0 Å². The fourth-order valence-electron chi connectivity index (χ4n) is 1.08. The molecule has 2 aromatic rings. The lowest BCUT2D eigenvalue weighted by molar-refractivity contribution is 0.379. The molecule has 15 heavy (non-hydrogen) atoms. The molecule has 2 rings (SSSR count). The zero-order valence-electron chi connectivity index (χ0n) is 7.92. The summed E-state index contributed by atoms with van der Waals surface area (Å²) < 4.78 is 4.83. The predicted molar refractivity (Wildman–Crippen MR) is 52.9 cm³/mol. The van der Waals surface area contributed by atoms with Gasteiger partial charge in [-0.25, -0.2) is 9.97 Å². The molecule has 0 atom stereocenters. The maximum absolute atomic E-state index is 5.59. The van der Waals surface area contributed by atoms with Crippen LogP contribution in [0.1, 0.15) is 5.89 Å². The van der Waals surface area contributed by atoms with Gasteiger partial charge in [0.1, 0.15) is 0 Å². The van der Waals surface area contributed by atoms with E-state index in [1.165, 1.54) is 6.33 Å². The van der Waals surface area contributed by atoms with E-state index in [0.29, 0.717) is 30.5 Å². The van der Waals surface area contributed by atoms with Crippen LogP contribution in [0.4, 0.5) is 11.6 Å². The van der Waals surface area contributed by atoms with Crippen LogP contribution in [0.25, 0.3) is 0 Å². The quantitative estimate of drug-likeness (QED) is 0.730. The van der Waals surface area contributed by atoms with Crippen molar-refractivity contribution >= 4 is 11.6 Å². The average Bonchev–Trinajstić information content (AvgIpc) is 2.74. The van der Waals surface area contributed by atoms with E-state index < -0.39 is 0 Å². The monoisotopic (exact) mass is 206 g/mol. The molecule has 0 aliphatic carbocycles. The Bertz CT molecular complexity index is 415. The highest BCUT2D eigenvalue weighted by molar-refractivity contribution is 5.54. The lowest BCUT2D eigenvalue weighted by atomic mass is 10.4. The average molecular weight is 206 g/mol. The van der Waals surface area contributed by atoms with Gasteiger partial charge in [0, 0.05) is 25.4 Å². The molecular formula is C8H10N6O. The van der Waals surface area contributed by atoms with E-state index in [0.717, 1.165) is 0 Å². The van der Waals surface area contributed by atoms with Gasteiger partial charge in [-0.1, -0.05) is 5.16 Å². The number of aromatic nitrogens is 4. The normalized spacial score (nSPS) is 10.1. The molecule has 78 valence electrons. The Kier molecular flexibility index (Phi) is 2.72. The van der Waals surface area contributed by atoms with E-state index in [2.05, 4.69) is 25.4 Å². The standard InChI is InChI=1S/C8H10N6O/c9-7-8(12-4-3-10-7)11-2-1-6-13-5-14-15-6/h3-5H,1-2H2,(H2,9,10)(H,11,12). The summed E-state index contributed by atoms with van der Waals surface area (Å²) in [6.07, 6.45) is 5.10. The molecule has 0 saturated heterocycles. The number of hydrogen-bond acceptors (Lipinski definition) is 7. The molecule has 0 aliphatic rings. The maximum Gasteiger partial charge on any atom is 0.228 e. The van der Waals surface area contributed by atoms with Gasteiger partial charge in [-0.2, -0.15) is 4.98 Å². The molecule has 2 heterocycles. The molecule has 7 heteroatoms. The van der Waals surface area contributed by atoms with Gasteiger partial charge in [0.05, 0.1) is 0 Å². The first-order valence-electron chi connectivity index (χ1n) is 4.42. The van der Waals surface area contributed by atoms with E-state index in [4.69, 9.17) is 10.3 Å². The maximum atomic E-state index is 5.59. The molecule has 0 spiro atoms. The highest BCUT2D eigenvalue weighted by Gasteiger charge is 2.01. The highest BCUT2D eigenvalue weighted by atomic mass is 16.5. The summed E-state index contributed by atoms with van der Waals surface area (Å²) in [7, 11) is 0. The van der Waals surface area contributed by atoms with Crippen LogP contribution in [-0.2, 0) is 6.42 Å². The molecule has 3 N–H and O–H groups in total. The summed E-state index contributed by atoms with van der Waals surface area (Å²) in [6.45, 7) is 0.616. The van der Waals surface area contributed by atoms with Crippen molar-refractivity contribution in [2.75, 3.05) is 17.6 Å². The van der Waals surface area contributed by atoms with Gasteiger partial charge >= 0.3 is 0 Å². The Labute approximate surface area is 85.7 Å². The second-order valence-corrected chi connectivity index (χ2v) is 2.80. The van der Waals surface area contributed by atoms with Crippen molar-refractivity contribution in [3.8, 4) is 0 Å². The molecule has 0 aromatic carbocycles. The van der Waals surface area contributed by atoms with E-state index in [1.807, 2.05) is 0 Å². The van der Waals surface area contributed by atoms with Crippen LogP contribution >= 0.6 is 0 Å². The van der Waals surface area contributed by atoms with Gasteiger partial charge in [-0.05, 0) is 0 Å². The van der Waals surface area contributed by atoms with Crippen LogP contribution in [0.3, 0.4) is 0 Å². The van der Waals surface area contributed by atoms with Crippen molar-refractivity contribution in [3.05, 3.63) is 24.6 Å². The zero-order chi connectivity index (χ0) is 10.5. The smallest absolute Gasteiger partial charge is 0.228 e. The van der Waals surface area contributed by atoms with E-state index in [1.54, 1.807) is 12.4 Å². The van der Waals surface area contributed by atoms with E-state index in [9.17, 15) is 0 Å². The van der Waals surface area contributed by atoms with E-state index in [-0.39, 0.29) is 0 Å². The van der Waals surface area contributed by atoms with Crippen molar-refractivity contribution in [2.24, 2.45) is 0 Å². The summed E-state index contributed by atoms with van der Waals surface area (Å²) in [5.74, 6) is 1.52. The largest absolute Gasteiger partial charge is 0.381 e. The topological polar surface area (TPSA) is 103 Å². The van der Waals surface area contributed by atoms with Gasteiger partial charge in [-0.15, -0.1) is 0 Å². The number of nitrogens with two attached hydrogens (primary N) is 1. The number of hydrogen-bond donors (Lipinski definition) is 2. The molecule has 2 aromatic heterocycles. The number of nitrogens with zero attached hydrogens (tertiary/aromatic N) is 4. The number of anilines is 2. The van der Waals surface area contributed by atoms with Gasteiger partial charge in [0.15, 0.2) is 18.0 Å². The molecule has 7 nitrogen and oxygen atoms in total. The zero-order valence-corrected chi connectivity index (χ0v) is 7.92. The molecular weight excluding hydrogens is 196 g/mol. The number of nitrogens with one attached hydrogen (secondary N) is 1. The predicted octanol–water partition coefficient (Wildman–Crippen LogP) is 0.0964. The first kappa shape index (κ1) is 9.38. The molecule has 0 aliphatic heterocycles. The molecule has 0 unspecified atom stereocenters. The molecule has 0 bridgehead atoms. The molecule has 0 fully saturated rings. The lowest BCUT2D eigenvalue weighted by Gasteiger charge is -2.04. The van der Waals surface area contributed by atoms with Crippen molar-refractivity contribution in [1.82, 2.24) is 20.1 Å². The van der Waals surface area contributed by atoms with Crippen LogP contribution < -0.4 is 11.1 Å². The van der Waals surface area contributed by atoms with Crippen LogP contribution in [0.5, 0.6) is 0 Å². The molecule has 0 radical (unpaired) electrons. The van der Waals surface area contributed by atoms with Gasteiger partial charge in [-0.3, -0.25) is 0 Å². The third-order valence-corrected chi connectivity index (χ3v) is 1.76. The van der Waals surface area contributed by atoms with Crippen molar-refractivity contribution in [3.63, 3.8) is 0 Å². The second-order valence-electron chi connectivity index (χ2n) is 2.80. The third kappa shape index (κ3) is 2.39. The Morgan fingerprint density at radius 1 is 1.27 bits per heavy atom. The number of nitrogen functional groups attached to an aromatic ring is 1. The lowest BCUT2D eigenvalue weighted by Crippen LogP contribution is -2.09. The van der Waals surface area contributed by atoms with Gasteiger partial charge < -0.3 is 15.6 Å². The first-order valence-corrected chi connectivity index (χ1v) is 4.42. The van der Waals surface area contributed by atoms with Crippen molar-refractivity contribution in [2.45, 2.75) is 6.42 Å². The first-order chi connectivity index (χ1) is 7.36. The summed E-state index contributed by atoms with van der Waals surface area (Å²) in [5.41, 5.74) is 5.59. The Balaban J connectivity index is 1.86. The van der Waals surface area contributed by atoms with Crippen molar-refractivity contribution < 1.29 is 4.52 Å². The SMILES string of the molecule is Nc1nccnc1NCCc1ncno1. The number of rotatable bonds is 4.